The Labute approximate surface area is 240 Å². The number of carboxylic acid groups (broad SMARTS) is 1. The fourth-order valence-corrected chi connectivity index (χ4v) is 6.07. The molecular weight excluding hydrogens is 556 g/mol. The minimum Gasteiger partial charge on any atom is -0.498 e. The van der Waals surface area contributed by atoms with Crippen molar-refractivity contribution in [3.63, 3.8) is 0 Å². The van der Waals surface area contributed by atoms with E-state index in [1.165, 1.54) is 29.9 Å². The van der Waals surface area contributed by atoms with Crippen molar-refractivity contribution < 1.29 is 23.5 Å². The number of aryl methyl sites for hydroxylation is 1. The highest BCUT2D eigenvalue weighted by molar-refractivity contribution is 6.30. The van der Waals surface area contributed by atoms with Gasteiger partial charge in [-0.2, -0.15) is 5.10 Å². The molecule has 0 bridgehead atoms. The lowest BCUT2D eigenvalue weighted by Gasteiger charge is -2.41. The van der Waals surface area contributed by atoms with Crippen LogP contribution in [-0.2, 0) is 11.8 Å². The monoisotopic (exact) mass is 585 g/mol. The van der Waals surface area contributed by atoms with Crippen LogP contribution in [0.2, 0.25) is 5.02 Å². The molecule has 3 aromatic rings. The Hall–Kier alpha value is -3.83. The second-order valence-corrected chi connectivity index (χ2v) is 11.1. The average Bonchev–Trinajstić information content (AvgIpc) is 3.36. The number of carbonyl (C=O) groups excluding carboxylic acids is 2. The maximum Gasteiger partial charge on any atom is 0.266 e. The standard InChI is InChI=1S/C29H30ClF2N5O4/c1-34-27(38)11-10-26(33-34)36-17-23(22-9-6-20(31)16-25(22)32)24(18-36)28(39)35-12-2-3-14-37(15-13-35,29(40)41)21-7-4-19(30)5-8-21/h4-11,16,23-24H,2-3,12-15,17-18H2,1H3/t23-,24+,37?/m0/s1. The molecule has 2 aromatic carbocycles. The van der Waals surface area contributed by atoms with Crippen LogP contribution in [0.4, 0.5) is 25.1 Å². The molecule has 12 heteroatoms. The number of anilines is 1. The van der Waals surface area contributed by atoms with Gasteiger partial charge in [-0.05, 0) is 42.7 Å². The summed E-state index contributed by atoms with van der Waals surface area (Å²) < 4.78 is 29.5. The topological polar surface area (TPSA) is 98.6 Å². The fourth-order valence-electron chi connectivity index (χ4n) is 5.94. The van der Waals surface area contributed by atoms with Crippen molar-refractivity contribution >= 4 is 35.1 Å². The molecule has 2 amide bonds. The van der Waals surface area contributed by atoms with Gasteiger partial charge in [0.1, 0.15) is 29.7 Å². The molecule has 2 aliphatic heterocycles. The van der Waals surface area contributed by atoms with Crippen molar-refractivity contribution in [3.05, 3.63) is 87.2 Å². The summed E-state index contributed by atoms with van der Waals surface area (Å²) in [7, 11) is 1.52. The number of halogens is 3. The van der Waals surface area contributed by atoms with Crippen LogP contribution in [0, 0.1) is 17.6 Å². The van der Waals surface area contributed by atoms with Gasteiger partial charge in [-0.25, -0.2) is 17.9 Å². The van der Waals surface area contributed by atoms with E-state index in [0.717, 1.165) is 6.07 Å². The molecule has 3 atom stereocenters. The zero-order chi connectivity index (χ0) is 29.3. The number of hydrogen-bond acceptors (Lipinski definition) is 6. The number of nitrogens with zero attached hydrogens (tertiary/aromatic N) is 5. The van der Waals surface area contributed by atoms with Crippen molar-refractivity contribution in [1.82, 2.24) is 19.2 Å². The highest BCUT2D eigenvalue weighted by atomic mass is 35.5. The highest BCUT2D eigenvalue weighted by Crippen LogP contribution is 2.37. The molecule has 0 aliphatic carbocycles. The predicted octanol–water partition coefficient (Wildman–Crippen LogP) is 2.91. The Kier molecular flexibility index (Phi) is 8.10. The largest absolute Gasteiger partial charge is 0.498 e. The SMILES string of the molecule is Cn1nc(N2C[C@@H](C(=O)N3CCCC[N+](C(=O)[O-])(c4ccc(Cl)cc4)CC3)[C@H](c3ccc(F)cc3F)C2)ccc1=O. The van der Waals surface area contributed by atoms with Crippen LogP contribution in [0.3, 0.4) is 0 Å². The van der Waals surface area contributed by atoms with Gasteiger partial charge >= 0.3 is 0 Å². The second kappa shape index (κ2) is 11.6. The summed E-state index contributed by atoms with van der Waals surface area (Å²) in [4.78, 5) is 42.0. The number of aromatic nitrogens is 2. The van der Waals surface area contributed by atoms with Crippen molar-refractivity contribution in [2.45, 2.75) is 18.8 Å². The molecule has 41 heavy (non-hydrogen) atoms. The van der Waals surface area contributed by atoms with Gasteiger partial charge in [0.05, 0.1) is 19.0 Å². The normalized spacial score (nSPS) is 23.2. The van der Waals surface area contributed by atoms with Gasteiger partial charge in [-0.1, -0.05) is 17.7 Å². The molecular formula is C29H30ClF2N5O4. The zero-order valence-corrected chi connectivity index (χ0v) is 23.3. The van der Waals surface area contributed by atoms with Crippen LogP contribution in [0.5, 0.6) is 0 Å². The van der Waals surface area contributed by atoms with E-state index in [9.17, 15) is 23.9 Å². The molecule has 1 aromatic heterocycles. The van der Waals surface area contributed by atoms with Crippen molar-refractivity contribution in [3.8, 4) is 0 Å². The first-order chi connectivity index (χ1) is 19.6. The summed E-state index contributed by atoms with van der Waals surface area (Å²) in [5, 5.41) is 17.3. The lowest BCUT2D eigenvalue weighted by molar-refractivity contribution is -0.264. The highest BCUT2D eigenvalue weighted by Gasteiger charge is 2.43. The van der Waals surface area contributed by atoms with Gasteiger partial charge in [0.2, 0.25) is 5.91 Å². The molecule has 2 saturated heterocycles. The Balaban J connectivity index is 1.45. The molecule has 5 rings (SSSR count). The molecule has 0 radical (unpaired) electrons. The summed E-state index contributed by atoms with van der Waals surface area (Å²) in [5.74, 6) is -2.59. The molecule has 216 valence electrons. The van der Waals surface area contributed by atoms with E-state index < -0.39 is 34.0 Å². The van der Waals surface area contributed by atoms with Gasteiger partial charge in [-0.3, -0.25) is 9.59 Å². The Morgan fingerprint density at radius 2 is 1.76 bits per heavy atom. The fraction of sp³-hybridized carbons (Fsp3) is 0.379. The predicted molar refractivity (Wildman–Crippen MR) is 148 cm³/mol. The van der Waals surface area contributed by atoms with Crippen molar-refractivity contribution in [1.29, 1.82) is 0 Å². The first kappa shape index (κ1) is 28.7. The van der Waals surface area contributed by atoms with E-state index in [-0.39, 0.29) is 43.2 Å². The summed E-state index contributed by atoms with van der Waals surface area (Å²) in [6.07, 6.45) is -0.156. The van der Waals surface area contributed by atoms with E-state index >= 15 is 4.39 Å². The van der Waals surface area contributed by atoms with Gasteiger partial charge in [0.15, 0.2) is 0 Å². The third-order valence-electron chi connectivity index (χ3n) is 8.22. The molecule has 2 aliphatic rings. The molecule has 0 saturated carbocycles. The quantitative estimate of drug-likeness (QED) is 0.437. The van der Waals surface area contributed by atoms with Gasteiger partial charge < -0.3 is 19.7 Å². The number of carbonyl (C=O) groups is 2. The number of quaternary nitrogens is 1. The third-order valence-corrected chi connectivity index (χ3v) is 8.47. The summed E-state index contributed by atoms with van der Waals surface area (Å²) in [6.45, 7) is 1.37. The van der Waals surface area contributed by atoms with E-state index in [1.54, 1.807) is 35.2 Å². The molecule has 0 spiro atoms. The number of hydrogen-bond donors (Lipinski definition) is 0. The number of benzene rings is 2. The zero-order valence-electron chi connectivity index (χ0n) is 22.5. The molecule has 0 N–H and O–H groups in total. The minimum absolute atomic E-state index is 0.0874. The van der Waals surface area contributed by atoms with Crippen molar-refractivity contribution in [2.75, 3.05) is 44.2 Å². The van der Waals surface area contributed by atoms with Crippen LogP contribution in [0.15, 0.2) is 59.4 Å². The summed E-state index contributed by atoms with van der Waals surface area (Å²) >= 11 is 6.03. The Morgan fingerprint density at radius 3 is 2.44 bits per heavy atom. The van der Waals surface area contributed by atoms with Gasteiger partial charge in [0, 0.05) is 61.9 Å². The van der Waals surface area contributed by atoms with E-state index in [2.05, 4.69) is 5.10 Å². The lowest BCUT2D eigenvalue weighted by atomic mass is 9.87. The Bertz CT molecular complexity index is 1520. The molecule has 9 nitrogen and oxygen atoms in total. The second-order valence-electron chi connectivity index (χ2n) is 10.6. The van der Waals surface area contributed by atoms with Crippen molar-refractivity contribution in [2.24, 2.45) is 13.0 Å². The first-order valence-electron chi connectivity index (χ1n) is 13.5. The maximum absolute atomic E-state index is 15.0. The van der Waals surface area contributed by atoms with E-state index in [1.807, 2.05) is 4.90 Å². The molecule has 2 fully saturated rings. The van der Waals surface area contributed by atoms with Gasteiger partial charge in [-0.15, -0.1) is 0 Å². The summed E-state index contributed by atoms with van der Waals surface area (Å²) in [6, 6.07) is 12.8. The van der Waals surface area contributed by atoms with E-state index in [4.69, 9.17) is 11.6 Å². The lowest BCUT2D eigenvalue weighted by Crippen LogP contribution is -2.64. The minimum atomic E-state index is -1.26. The molecule has 1 unspecified atom stereocenters. The maximum atomic E-state index is 15.0. The molecule has 3 heterocycles. The van der Waals surface area contributed by atoms with Crippen LogP contribution in [-0.4, -0.2) is 65.9 Å². The summed E-state index contributed by atoms with van der Waals surface area (Å²) in [5.41, 5.74) is 0.436. The van der Waals surface area contributed by atoms with E-state index in [0.29, 0.717) is 42.5 Å². The van der Waals surface area contributed by atoms with Crippen LogP contribution < -0.4 is 20.0 Å². The third kappa shape index (κ3) is 5.69. The van der Waals surface area contributed by atoms with Crippen LogP contribution in [0.1, 0.15) is 24.3 Å². The van der Waals surface area contributed by atoms with Gasteiger partial charge in [0.25, 0.3) is 11.7 Å². The smallest absolute Gasteiger partial charge is 0.266 e. The number of amides is 2. The van der Waals surface area contributed by atoms with Crippen LogP contribution >= 0.6 is 11.6 Å². The average molecular weight is 586 g/mol. The number of rotatable bonds is 4. The first-order valence-corrected chi connectivity index (χ1v) is 13.8. The van der Waals surface area contributed by atoms with Crippen LogP contribution in [0.25, 0.3) is 0 Å². The Morgan fingerprint density at radius 1 is 1.00 bits per heavy atom.